The summed E-state index contributed by atoms with van der Waals surface area (Å²) < 4.78 is 16.4. The van der Waals surface area contributed by atoms with Crippen molar-refractivity contribution in [3.63, 3.8) is 0 Å². The van der Waals surface area contributed by atoms with E-state index in [1.807, 2.05) is 51.1 Å². The van der Waals surface area contributed by atoms with Crippen molar-refractivity contribution in [2.45, 2.75) is 20.8 Å². The fourth-order valence-electron chi connectivity index (χ4n) is 1.35. The third-order valence-corrected chi connectivity index (χ3v) is 4.42. The summed E-state index contributed by atoms with van der Waals surface area (Å²) in [4.78, 5) is 10.1. The molecule has 0 heterocycles. The van der Waals surface area contributed by atoms with Crippen molar-refractivity contribution in [1.29, 1.82) is 0 Å². The summed E-state index contributed by atoms with van der Waals surface area (Å²) in [5.74, 6) is 0. The van der Waals surface area contributed by atoms with Crippen LogP contribution in [0.2, 0.25) is 0 Å². The molecular weight excluding hydrogens is 252 g/mol. The van der Waals surface area contributed by atoms with E-state index < -0.39 is 8.80 Å². The Labute approximate surface area is 109 Å². The molecule has 0 saturated heterocycles. The number of rotatable bonds is 9. The first-order chi connectivity index (χ1) is 8.79. The van der Waals surface area contributed by atoms with Crippen LogP contribution in [-0.4, -0.2) is 28.6 Å². The van der Waals surface area contributed by atoms with E-state index in [4.69, 9.17) is 23.4 Å². The second-order valence-corrected chi connectivity index (χ2v) is 5.65. The van der Waals surface area contributed by atoms with Crippen LogP contribution in [0.15, 0.2) is 30.3 Å². The zero-order valence-corrected chi connectivity index (χ0v) is 12.0. The summed E-state index contributed by atoms with van der Waals surface area (Å²) >= 11 is 0. The summed E-state index contributed by atoms with van der Waals surface area (Å²) in [6.07, 6.45) is 0. The Morgan fingerprint density at radius 2 is 1.39 bits per heavy atom. The quantitative estimate of drug-likeness (QED) is 0.390. The van der Waals surface area contributed by atoms with Crippen LogP contribution >= 0.6 is 0 Å². The molecule has 0 radical (unpaired) electrons. The molecule has 0 aromatic heterocycles. The Morgan fingerprint density at radius 3 is 1.83 bits per heavy atom. The third-order valence-electron chi connectivity index (χ3n) is 2.03. The molecule has 1 aromatic rings. The molecule has 6 heteroatoms. The first kappa shape index (κ1) is 15.3. The van der Waals surface area contributed by atoms with Crippen molar-refractivity contribution < 1.29 is 23.4 Å². The van der Waals surface area contributed by atoms with E-state index in [0.29, 0.717) is 19.8 Å². The van der Waals surface area contributed by atoms with Gasteiger partial charge in [-0.15, -0.1) is 0 Å². The lowest BCUT2D eigenvalue weighted by Gasteiger charge is -2.26. The van der Waals surface area contributed by atoms with E-state index in [0.717, 1.165) is 5.19 Å². The second kappa shape index (κ2) is 8.36. The van der Waals surface area contributed by atoms with Crippen molar-refractivity contribution in [3.8, 4) is 0 Å². The average Bonchev–Trinajstić information content (AvgIpc) is 2.43. The Morgan fingerprint density at radius 1 is 0.833 bits per heavy atom. The standard InChI is InChI=1S/C12H20O5Si/c1-4-13-16-18(15-6-3,17-14-5-2)12-10-8-7-9-11-12/h7-11H,4-6H2,1-3H3. The molecule has 102 valence electrons. The van der Waals surface area contributed by atoms with Gasteiger partial charge in [-0.1, -0.05) is 30.3 Å². The summed E-state index contributed by atoms with van der Waals surface area (Å²) in [6.45, 7) is 6.79. The minimum absolute atomic E-state index is 0.407. The highest BCUT2D eigenvalue weighted by molar-refractivity contribution is 6.75. The lowest BCUT2D eigenvalue weighted by Crippen LogP contribution is -2.56. The van der Waals surface area contributed by atoms with Gasteiger partial charge in [0, 0.05) is 11.8 Å². The van der Waals surface area contributed by atoms with Crippen molar-refractivity contribution in [2.24, 2.45) is 0 Å². The molecule has 0 unspecified atom stereocenters. The maximum atomic E-state index is 5.66. The van der Waals surface area contributed by atoms with Crippen LogP contribution in [0.5, 0.6) is 0 Å². The molecule has 0 aliphatic rings. The molecule has 0 amide bonds. The Bertz CT molecular complexity index is 312. The van der Waals surface area contributed by atoms with Gasteiger partial charge in [0.15, 0.2) is 0 Å². The highest BCUT2D eigenvalue weighted by Gasteiger charge is 2.47. The van der Waals surface area contributed by atoms with Crippen LogP contribution in [0.3, 0.4) is 0 Å². The number of hydrogen-bond donors (Lipinski definition) is 0. The molecule has 0 N–H and O–H groups in total. The van der Waals surface area contributed by atoms with Gasteiger partial charge in [-0.05, 0) is 20.8 Å². The Hall–Kier alpha value is -0.763. The fraction of sp³-hybridized carbons (Fsp3) is 0.500. The van der Waals surface area contributed by atoms with E-state index >= 15 is 0 Å². The highest BCUT2D eigenvalue weighted by Crippen LogP contribution is 2.12. The monoisotopic (exact) mass is 272 g/mol. The molecule has 5 nitrogen and oxygen atoms in total. The van der Waals surface area contributed by atoms with Gasteiger partial charge in [-0.2, -0.15) is 0 Å². The van der Waals surface area contributed by atoms with Gasteiger partial charge in [0.25, 0.3) is 0 Å². The van der Waals surface area contributed by atoms with Crippen LogP contribution < -0.4 is 5.19 Å². The van der Waals surface area contributed by atoms with Crippen molar-refractivity contribution in [1.82, 2.24) is 0 Å². The van der Waals surface area contributed by atoms with E-state index in [-0.39, 0.29) is 0 Å². The fourth-order valence-corrected chi connectivity index (χ4v) is 3.36. The van der Waals surface area contributed by atoms with Crippen molar-refractivity contribution >= 4 is 14.0 Å². The maximum absolute atomic E-state index is 5.66. The van der Waals surface area contributed by atoms with Crippen LogP contribution in [0.1, 0.15) is 20.8 Å². The molecular formula is C12H20O5Si. The Balaban J connectivity index is 2.94. The summed E-state index contributed by atoms with van der Waals surface area (Å²) in [6, 6.07) is 9.44. The molecule has 1 rings (SSSR count). The Kier molecular flexibility index (Phi) is 7.10. The molecule has 0 saturated carbocycles. The van der Waals surface area contributed by atoms with Gasteiger partial charge in [0.2, 0.25) is 0 Å². The molecule has 0 aliphatic carbocycles. The predicted octanol–water partition coefficient (Wildman–Crippen LogP) is 1.81. The van der Waals surface area contributed by atoms with Crippen molar-refractivity contribution in [3.05, 3.63) is 30.3 Å². The van der Waals surface area contributed by atoms with Gasteiger partial charge in [0.05, 0.1) is 13.2 Å². The number of hydrogen-bond acceptors (Lipinski definition) is 5. The number of benzene rings is 1. The van der Waals surface area contributed by atoms with Gasteiger partial charge >= 0.3 is 8.80 Å². The largest absolute Gasteiger partial charge is 0.592 e. The zero-order valence-electron chi connectivity index (χ0n) is 11.0. The van der Waals surface area contributed by atoms with Gasteiger partial charge < -0.3 is 4.43 Å². The van der Waals surface area contributed by atoms with E-state index in [1.54, 1.807) is 0 Å². The predicted molar refractivity (Wildman–Crippen MR) is 68.9 cm³/mol. The minimum Gasteiger partial charge on any atom is -0.368 e. The second-order valence-electron chi connectivity index (χ2n) is 3.33. The van der Waals surface area contributed by atoms with Crippen molar-refractivity contribution in [2.75, 3.05) is 19.8 Å². The highest BCUT2D eigenvalue weighted by atomic mass is 28.4. The molecule has 0 spiro atoms. The van der Waals surface area contributed by atoms with Gasteiger partial charge in [-0.3, -0.25) is 0 Å². The van der Waals surface area contributed by atoms with Crippen LogP contribution in [-0.2, 0) is 23.4 Å². The molecule has 0 aliphatic heterocycles. The van der Waals surface area contributed by atoms with Crippen LogP contribution in [0.4, 0.5) is 0 Å². The summed E-state index contributed by atoms with van der Waals surface area (Å²) in [5, 5.41) is 0.800. The van der Waals surface area contributed by atoms with Gasteiger partial charge in [0.1, 0.15) is 0 Å². The molecule has 1 aromatic carbocycles. The summed E-state index contributed by atoms with van der Waals surface area (Å²) in [5.41, 5.74) is 0. The molecule has 0 bridgehead atoms. The van der Waals surface area contributed by atoms with E-state index in [2.05, 4.69) is 0 Å². The molecule has 18 heavy (non-hydrogen) atoms. The molecule has 0 atom stereocenters. The third kappa shape index (κ3) is 4.16. The van der Waals surface area contributed by atoms with E-state index in [9.17, 15) is 0 Å². The molecule has 0 fully saturated rings. The SMILES string of the molecule is CCOO[Si](OCC)(OOCC)c1ccccc1. The topological polar surface area (TPSA) is 46.2 Å². The first-order valence-electron chi connectivity index (χ1n) is 6.09. The smallest absolute Gasteiger partial charge is 0.368 e. The van der Waals surface area contributed by atoms with E-state index in [1.165, 1.54) is 0 Å². The lowest BCUT2D eigenvalue weighted by atomic mass is 10.4. The minimum atomic E-state index is -3.16. The van der Waals surface area contributed by atoms with Gasteiger partial charge in [-0.25, -0.2) is 18.9 Å². The zero-order chi connectivity index (χ0) is 13.3. The van der Waals surface area contributed by atoms with Crippen LogP contribution in [0.25, 0.3) is 0 Å². The summed E-state index contributed by atoms with van der Waals surface area (Å²) in [7, 11) is -3.16. The normalized spacial score (nSPS) is 11.7. The lowest BCUT2D eigenvalue weighted by molar-refractivity contribution is -0.306. The average molecular weight is 272 g/mol. The van der Waals surface area contributed by atoms with Crippen LogP contribution in [0, 0.1) is 0 Å². The maximum Gasteiger partial charge on any atom is 0.592 e. The first-order valence-corrected chi connectivity index (χ1v) is 7.82.